The molecule has 4 aromatic rings. The minimum absolute atomic E-state index is 0.0658. The van der Waals surface area contributed by atoms with Gasteiger partial charge in [0.05, 0.1) is 32.1 Å². The van der Waals surface area contributed by atoms with Gasteiger partial charge in [-0.2, -0.15) is 18.2 Å². The number of nitrogens with zero attached hydrogens (tertiary/aromatic N) is 6. The van der Waals surface area contributed by atoms with Crippen LogP contribution in [0, 0.1) is 0 Å². The molecule has 0 unspecified atom stereocenters. The lowest BCUT2D eigenvalue weighted by molar-refractivity contribution is -0.138. The molecule has 4 aromatic heterocycles. The summed E-state index contributed by atoms with van der Waals surface area (Å²) in [5.41, 5.74) is -1.31. The van der Waals surface area contributed by atoms with Gasteiger partial charge in [-0.05, 0) is 18.6 Å². The van der Waals surface area contributed by atoms with E-state index in [9.17, 15) is 22.8 Å². The minimum Gasteiger partial charge on any atom is -0.491 e. The molecule has 0 saturated carbocycles. The van der Waals surface area contributed by atoms with Gasteiger partial charge in [-0.3, -0.25) is 14.5 Å². The highest BCUT2D eigenvalue weighted by Gasteiger charge is 2.32. The van der Waals surface area contributed by atoms with Crippen LogP contribution in [-0.2, 0) is 29.3 Å². The molecule has 0 spiro atoms. The van der Waals surface area contributed by atoms with Crippen molar-refractivity contribution in [1.29, 1.82) is 0 Å². The topological polar surface area (TPSA) is 138 Å². The molecule has 0 bridgehead atoms. The molecular formula is C28H31F3N8O5. The normalized spacial score (nSPS) is 14.0. The van der Waals surface area contributed by atoms with Gasteiger partial charge < -0.3 is 34.0 Å². The van der Waals surface area contributed by atoms with E-state index in [1.807, 2.05) is 0 Å². The van der Waals surface area contributed by atoms with Crippen LogP contribution in [0.15, 0.2) is 41.6 Å². The number of amides is 1. The van der Waals surface area contributed by atoms with Gasteiger partial charge in [-0.25, -0.2) is 9.97 Å². The van der Waals surface area contributed by atoms with Crippen LogP contribution in [0.4, 0.5) is 30.6 Å². The summed E-state index contributed by atoms with van der Waals surface area (Å²) < 4.78 is 61.0. The van der Waals surface area contributed by atoms with Crippen molar-refractivity contribution in [2.45, 2.75) is 26.1 Å². The number of alkyl halides is 3. The third-order valence-corrected chi connectivity index (χ3v) is 6.92. The molecule has 1 aliphatic rings. The minimum atomic E-state index is -4.67. The lowest BCUT2D eigenvalue weighted by atomic mass is 10.2. The molecule has 16 heteroatoms. The number of aromatic nitrogens is 5. The van der Waals surface area contributed by atoms with Gasteiger partial charge in [0.2, 0.25) is 11.9 Å². The quantitative estimate of drug-likeness (QED) is 0.271. The zero-order valence-electron chi connectivity index (χ0n) is 24.3. The Bertz CT molecular complexity index is 1720. The second-order valence-electron chi connectivity index (χ2n) is 10.1. The molecule has 1 fully saturated rings. The summed E-state index contributed by atoms with van der Waals surface area (Å²) in [6.07, 6.45) is -0.517. The number of anilines is 3. The molecule has 1 aliphatic heterocycles. The molecule has 0 aliphatic carbocycles. The Morgan fingerprint density at radius 1 is 1.16 bits per heavy atom. The summed E-state index contributed by atoms with van der Waals surface area (Å²) in [6, 6.07) is 3.86. The first-order valence-corrected chi connectivity index (χ1v) is 13.7. The third-order valence-electron chi connectivity index (χ3n) is 6.92. The molecule has 5 rings (SSSR count). The Morgan fingerprint density at radius 2 is 1.93 bits per heavy atom. The first kappa shape index (κ1) is 30.7. The van der Waals surface area contributed by atoms with Crippen molar-refractivity contribution >= 4 is 34.5 Å². The molecule has 0 atom stereocenters. The molecule has 44 heavy (non-hydrogen) atoms. The number of nitrogens with one attached hydrogen (secondary N) is 2. The van der Waals surface area contributed by atoms with E-state index in [0.29, 0.717) is 37.4 Å². The number of rotatable bonds is 10. The maximum atomic E-state index is 13.8. The van der Waals surface area contributed by atoms with Gasteiger partial charge in [-0.15, -0.1) is 0 Å². The van der Waals surface area contributed by atoms with E-state index in [1.54, 1.807) is 13.1 Å². The maximum Gasteiger partial charge on any atom is 0.417 e. The Balaban J connectivity index is 1.44. The standard InChI is InChI=1S/C28H31F3N8O5/c1-17(40)34-22-14-19(5-6-32-22)44-21-15-33-25-23(24(21)42-3)37(2)27(36-25)35-20-13-18(28(29,30)31)16-39(26(20)41)8-4-7-38-9-11-43-12-10-38/h5-6,13-16H,4,7-12H2,1-3H3,(H,32,34,40)(H,33,35,36). The fraction of sp³-hybridized carbons (Fsp3) is 0.393. The Morgan fingerprint density at radius 3 is 2.64 bits per heavy atom. The van der Waals surface area contributed by atoms with Crippen molar-refractivity contribution in [3.05, 3.63) is 52.7 Å². The van der Waals surface area contributed by atoms with Gasteiger partial charge in [0.15, 0.2) is 17.1 Å². The summed E-state index contributed by atoms with van der Waals surface area (Å²) in [5, 5.41) is 5.34. The third kappa shape index (κ3) is 6.92. The van der Waals surface area contributed by atoms with Crippen LogP contribution in [0.1, 0.15) is 18.9 Å². The highest BCUT2D eigenvalue weighted by Crippen LogP contribution is 2.38. The van der Waals surface area contributed by atoms with E-state index >= 15 is 0 Å². The average molecular weight is 617 g/mol. The number of aryl methyl sites for hydroxylation is 2. The van der Waals surface area contributed by atoms with Gasteiger partial charge in [-0.1, -0.05) is 0 Å². The van der Waals surface area contributed by atoms with Crippen LogP contribution in [-0.4, -0.2) is 74.9 Å². The maximum absolute atomic E-state index is 13.8. The lowest BCUT2D eigenvalue weighted by Crippen LogP contribution is -2.37. The van der Waals surface area contributed by atoms with Gasteiger partial charge in [0.25, 0.3) is 5.56 Å². The summed E-state index contributed by atoms with van der Waals surface area (Å²) in [4.78, 5) is 39.6. The van der Waals surface area contributed by atoms with Crippen LogP contribution in [0.25, 0.3) is 11.2 Å². The van der Waals surface area contributed by atoms with E-state index < -0.39 is 17.3 Å². The number of hydrogen-bond acceptors (Lipinski definition) is 10. The van der Waals surface area contributed by atoms with Crippen LogP contribution in [0.2, 0.25) is 0 Å². The lowest BCUT2D eigenvalue weighted by Gasteiger charge is -2.26. The number of carbonyl (C=O) groups excluding carboxylic acids is 1. The number of morpholine rings is 1. The molecule has 0 radical (unpaired) electrons. The molecule has 13 nitrogen and oxygen atoms in total. The Hall–Kier alpha value is -4.70. The van der Waals surface area contributed by atoms with Crippen LogP contribution >= 0.6 is 0 Å². The largest absolute Gasteiger partial charge is 0.491 e. The van der Waals surface area contributed by atoms with E-state index in [-0.39, 0.29) is 47.1 Å². The van der Waals surface area contributed by atoms with E-state index in [2.05, 4.69) is 30.5 Å². The summed E-state index contributed by atoms with van der Waals surface area (Å²) in [6.45, 7) is 4.77. The Kier molecular flexibility index (Phi) is 9.01. The van der Waals surface area contributed by atoms with Crippen molar-refractivity contribution in [1.82, 2.24) is 29.0 Å². The smallest absolute Gasteiger partial charge is 0.417 e. The number of pyridine rings is 3. The molecule has 0 aromatic carbocycles. The van der Waals surface area contributed by atoms with Gasteiger partial charge in [0.1, 0.15) is 22.8 Å². The van der Waals surface area contributed by atoms with Gasteiger partial charge >= 0.3 is 6.18 Å². The number of hydrogen-bond donors (Lipinski definition) is 2. The first-order chi connectivity index (χ1) is 21.0. The average Bonchev–Trinajstić information content (AvgIpc) is 3.29. The van der Waals surface area contributed by atoms with Crippen LogP contribution in [0.3, 0.4) is 0 Å². The summed E-state index contributed by atoms with van der Waals surface area (Å²) in [5.74, 6) is 0.822. The van der Waals surface area contributed by atoms with E-state index in [4.69, 9.17) is 14.2 Å². The van der Waals surface area contributed by atoms with Crippen molar-refractivity contribution in [2.24, 2.45) is 7.05 Å². The molecule has 5 heterocycles. The number of halogens is 3. The van der Waals surface area contributed by atoms with Crippen LogP contribution in [0.5, 0.6) is 17.2 Å². The van der Waals surface area contributed by atoms with E-state index in [0.717, 1.165) is 29.9 Å². The van der Waals surface area contributed by atoms with Gasteiger partial charge in [0, 0.05) is 58.6 Å². The molecular weight excluding hydrogens is 585 g/mol. The molecule has 1 saturated heterocycles. The zero-order chi connectivity index (χ0) is 31.4. The zero-order valence-corrected chi connectivity index (χ0v) is 24.3. The summed E-state index contributed by atoms with van der Waals surface area (Å²) in [7, 11) is 3.01. The predicted octanol–water partition coefficient (Wildman–Crippen LogP) is 3.77. The second kappa shape index (κ2) is 12.9. The fourth-order valence-corrected chi connectivity index (χ4v) is 4.81. The van der Waals surface area contributed by atoms with Crippen molar-refractivity contribution in [3.63, 3.8) is 0 Å². The van der Waals surface area contributed by atoms with Crippen molar-refractivity contribution < 1.29 is 32.2 Å². The number of carbonyl (C=O) groups is 1. The predicted molar refractivity (Wildman–Crippen MR) is 155 cm³/mol. The molecule has 2 N–H and O–H groups in total. The van der Waals surface area contributed by atoms with Crippen LogP contribution < -0.4 is 25.7 Å². The van der Waals surface area contributed by atoms with Crippen molar-refractivity contribution in [2.75, 3.05) is 50.6 Å². The molecule has 1 amide bonds. The molecule has 234 valence electrons. The number of ether oxygens (including phenoxy) is 3. The monoisotopic (exact) mass is 616 g/mol. The second-order valence-corrected chi connectivity index (χ2v) is 10.1. The fourth-order valence-electron chi connectivity index (χ4n) is 4.81. The first-order valence-electron chi connectivity index (χ1n) is 13.7. The highest BCUT2D eigenvalue weighted by molar-refractivity contribution is 5.88. The van der Waals surface area contributed by atoms with Crippen molar-refractivity contribution in [3.8, 4) is 17.2 Å². The SMILES string of the molecule is COc1c(Oc2ccnc(NC(C)=O)c2)cnc2nc(Nc3cc(C(F)(F)F)cn(CCCN4CCOCC4)c3=O)n(C)c12. The highest BCUT2D eigenvalue weighted by atomic mass is 19.4. The number of fused-ring (bicyclic) bond motifs is 1. The summed E-state index contributed by atoms with van der Waals surface area (Å²) >= 11 is 0. The number of methoxy groups -OCH3 is 1. The Labute approximate surface area is 249 Å². The number of imidazole rings is 1. The van der Waals surface area contributed by atoms with E-state index in [1.165, 1.54) is 37.1 Å².